The Balaban J connectivity index is 1.56. The van der Waals surface area contributed by atoms with Gasteiger partial charge in [0, 0.05) is 25.9 Å². The third kappa shape index (κ3) is 3.50. The summed E-state index contributed by atoms with van der Waals surface area (Å²) in [4.78, 5) is 14.7. The number of ether oxygens (including phenoxy) is 1. The first kappa shape index (κ1) is 15.9. The highest BCUT2D eigenvalue weighted by Crippen LogP contribution is 2.38. The number of hydrogen-bond donors (Lipinski definition) is 0. The Kier molecular flexibility index (Phi) is 4.85. The number of rotatable bonds is 3. The Morgan fingerprint density at radius 3 is 2.39 bits per heavy atom. The summed E-state index contributed by atoms with van der Waals surface area (Å²) in [6.45, 7) is 1.39. The zero-order chi connectivity index (χ0) is 16.1. The monoisotopic (exact) mass is 312 g/mol. The minimum Gasteiger partial charge on any atom is -0.490 e. The number of nitriles is 1. The van der Waals surface area contributed by atoms with Crippen molar-refractivity contribution in [2.75, 3.05) is 13.1 Å². The molecule has 2 fully saturated rings. The van der Waals surface area contributed by atoms with Gasteiger partial charge in [-0.2, -0.15) is 5.26 Å². The van der Waals surface area contributed by atoms with E-state index in [1.54, 1.807) is 0 Å². The SMILES string of the molecule is N#CC1(C(=O)N2CCC(Oc3ccccc3)CC2)CCCCC1. The number of piperidine rings is 1. The first-order valence-electron chi connectivity index (χ1n) is 8.66. The molecule has 1 saturated heterocycles. The summed E-state index contributed by atoms with van der Waals surface area (Å²) in [6, 6.07) is 12.2. The van der Waals surface area contributed by atoms with E-state index in [2.05, 4.69) is 6.07 Å². The van der Waals surface area contributed by atoms with Gasteiger partial charge in [0.2, 0.25) is 5.91 Å². The van der Waals surface area contributed by atoms with E-state index in [9.17, 15) is 10.1 Å². The maximum absolute atomic E-state index is 12.8. The number of carbonyl (C=O) groups excluding carboxylic acids is 1. The molecule has 1 aromatic carbocycles. The maximum atomic E-state index is 12.8. The molecule has 0 radical (unpaired) electrons. The maximum Gasteiger partial charge on any atom is 0.243 e. The Morgan fingerprint density at radius 2 is 1.78 bits per heavy atom. The first-order valence-corrected chi connectivity index (χ1v) is 8.66. The van der Waals surface area contributed by atoms with Gasteiger partial charge in [0.05, 0.1) is 6.07 Å². The summed E-state index contributed by atoms with van der Waals surface area (Å²) >= 11 is 0. The van der Waals surface area contributed by atoms with Crippen LogP contribution in [0.2, 0.25) is 0 Å². The average molecular weight is 312 g/mol. The lowest BCUT2D eigenvalue weighted by Crippen LogP contribution is -2.49. The van der Waals surface area contributed by atoms with Crippen molar-refractivity contribution in [2.24, 2.45) is 5.41 Å². The van der Waals surface area contributed by atoms with Gasteiger partial charge in [-0.05, 0) is 25.0 Å². The van der Waals surface area contributed by atoms with Crippen molar-refractivity contribution in [1.82, 2.24) is 4.90 Å². The highest BCUT2D eigenvalue weighted by molar-refractivity contribution is 5.85. The van der Waals surface area contributed by atoms with E-state index in [1.807, 2.05) is 35.2 Å². The number of benzene rings is 1. The minimum absolute atomic E-state index is 0.0536. The van der Waals surface area contributed by atoms with Crippen molar-refractivity contribution < 1.29 is 9.53 Å². The quantitative estimate of drug-likeness (QED) is 0.858. The number of carbonyl (C=O) groups is 1. The Hall–Kier alpha value is -2.02. The van der Waals surface area contributed by atoms with Crippen molar-refractivity contribution in [2.45, 2.75) is 51.0 Å². The van der Waals surface area contributed by atoms with Crippen LogP contribution in [0.3, 0.4) is 0 Å². The molecule has 0 spiro atoms. The molecule has 4 nitrogen and oxygen atoms in total. The molecule has 0 unspecified atom stereocenters. The van der Waals surface area contributed by atoms with Crippen molar-refractivity contribution in [3.05, 3.63) is 30.3 Å². The van der Waals surface area contributed by atoms with Gasteiger partial charge in [-0.1, -0.05) is 37.5 Å². The van der Waals surface area contributed by atoms with Crippen LogP contribution in [-0.4, -0.2) is 30.0 Å². The lowest BCUT2D eigenvalue weighted by Gasteiger charge is -2.38. The summed E-state index contributed by atoms with van der Waals surface area (Å²) in [5.74, 6) is 0.941. The van der Waals surface area contributed by atoms with Gasteiger partial charge >= 0.3 is 0 Å². The summed E-state index contributed by atoms with van der Waals surface area (Å²) < 4.78 is 5.98. The fraction of sp³-hybridized carbons (Fsp3) is 0.579. The number of hydrogen-bond acceptors (Lipinski definition) is 3. The molecule has 23 heavy (non-hydrogen) atoms. The van der Waals surface area contributed by atoms with Gasteiger partial charge in [-0.3, -0.25) is 4.79 Å². The van der Waals surface area contributed by atoms with Crippen LogP contribution < -0.4 is 4.74 Å². The lowest BCUT2D eigenvalue weighted by atomic mass is 9.74. The normalized spacial score (nSPS) is 21.4. The molecule has 1 aliphatic heterocycles. The van der Waals surface area contributed by atoms with Crippen LogP contribution >= 0.6 is 0 Å². The highest BCUT2D eigenvalue weighted by atomic mass is 16.5. The fourth-order valence-electron chi connectivity index (χ4n) is 3.70. The molecular formula is C19H24N2O2. The number of para-hydroxylation sites is 1. The van der Waals surface area contributed by atoms with Crippen LogP contribution in [0.15, 0.2) is 30.3 Å². The van der Waals surface area contributed by atoms with Gasteiger partial charge in [0.25, 0.3) is 0 Å². The largest absolute Gasteiger partial charge is 0.490 e. The van der Waals surface area contributed by atoms with Crippen LogP contribution in [0.1, 0.15) is 44.9 Å². The molecule has 0 aromatic heterocycles. The van der Waals surface area contributed by atoms with Crippen LogP contribution in [-0.2, 0) is 4.79 Å². The van der Waals surface area contributed by atoms with Crippen molar-refractivity contribution in [3.8, 4) is 11.8 Å². The topological polar surface area (TPSA) is 53.3 Å². The second-order valence-corrected chi connectivity index (χ2v) is 6.68. The Bertz CT molecular complexity index is 565. The van der Waals surface area contributed by atoms with E-state index in [4.69, 9.17) is 4.74 Å². The second kappa shape index (κ2) is 7.04. The summed E-state index contributed by atoms with van der Waals surface area (Å²) in [5, 5.41) is 9.57. The van der Waals surface area contributed by atoms with E-state index in [-0.39, 0.29) is 12.0 Å². The molecule has 1 saturated carbocycles. The number of amides is 1. The van der Waals surface area contributed by atoms with Crippen LogP contribution in [0.4, 0.5) is 0 Å². The van der Waals surface area contributed by atoms with Gasteiger partial charge in [0.15, 0.2) is 0 Å². The van der Waals surface area contributed by atoms with Gasteiger partial charge in [0.1, 0.15) is 17.3 Å². The molecule has 4 heteroatoms. The average Bonchev–Trinajstić information content (AvgIpc) is 2.63. The van der Waals surface area contributed by atoms with E-state index >= 15 is 0 Å². The molecule has 2 aliphatic rings. The number of likely N-dealkylation sites (tertiary alicyclic amines) is 1. The molecule has 0 bridgehead atoms. The van der Waals surface area contributed by atoms with Crippen LogP contribution in [0.5, 0.6) is 5.75 Å². The van der Waals surface area contributed by atoms with Crippen molar-refractivity contribution in [3.63, 3.8) is 0 Å². The van der Waals surface area contributed by atoms with E-state index < -0.39 is 5.41 Å². The van der Waals surface area contributed by atoms with E-state index in [0.29, 0.717) is 13.1 Å². The van der Waals surface area contributed by atoms with Crippen molar-refractivity contribution in [1.29, 1.82) is 5.26 Å². The van der Waals surface area contributed by atoms with Crippen LogP contribution in [0.25, 0.3) is 0 Å². The predicted octanol–water partition coefficient (Wildman–Crippen LogP) is 3.53. The van der Waals surface area contributed by atoms with Gasteiger partial charge < -0.3 is 9.64 Å². The molecule has 0 N–H and O–H groups in total. The van der Waals surface area contributed by atoms with Gasteiger partial charge in [-0.15, -0.1) is 0 Å². The predicted molar refractivity (Wildman–Crippen MR) is 87.8 cm³/mol. The molecule has 1 aliphatic carbocycles. The molecule has 1 amide bonds. The summed E-state index contributed by atoms with van der Waals surface area (Å²) in [6.07, 6.45) is 6.41. The fourth-order valence-corrected chi connectivity index (χ4v) is 3.70. The number of nitrogens with zero attached hydrogens (tertiary/aromatic N) is 2. The van der Waals surface area contributed by atoms with Gasteiger partial charge in [-0.25, -0.2) is 0 Å². The summed E-state index contributed by atoms with van der Waals surface area (Å²) in [7, 11) is 0. The molecule has 1 aromatic rings. The summed E-state index contributed by atoms with van der Waals surface area (Å²) in [5.41, 5.74) is -0.759. The zero-order valence-corrected chi connectivity index (χ0v) is 13.5. The standard InChI is InChI=1S/C19H24N2O2/c20-15-19(11-5-2-6-12-19)18(22)21-13-9-17(10-14-21)23-16-7-3-1-4-8-16/h1,3-4,7-8,17H,2,5-6,9-14H2. The zero-order valence-electron chi connectivity index (χ0n) is 13.5. The Morgan fingerprint density at radius 1 is 1.13 bits per heavy atom. The highest BCUT2D eigenvalue weighted by Gasteiger charge is 2.43. The Labute approximate surface area is 138 Å². The molecule has 3 rings (SSSR count). The molecular weight excluding hydrogens is 288 g/mol. The van der Waals surface area contributed by atoms with E-state index in [1.165, 1.54) is 0 Å². The molecule has 122 valence electrons. The second-order valence-electron chi connectivity index (χ2n) is 6.68. The van der Waals surface area contributed by atoms with Crippen molar-refractivity contribution >= 4 is 5.91 Å². The lowest BCUT2D eigenvalue weighted by molar-refractivity contribution is -0.142. The molecule has 1 heterocycles. The third-order valence-electron chi connectivity index (χ3n) is 5.11. The first-order chi connectivity index (χ1) is 11.2. The van der Waals surface area contributed by atoms with Crippen LogP contribution in [0, 0.1) is 16.7 Å². The van der Waals surface area contributed by atoms with E-state index in [0.717, 1.165) is 50.7 Å². The third-order valence-corrected chi connectivity index (χ3v) is 5.11. The minimum atomic E-state index is -0.759. The molecule has 0 atom stereocenters. The smallest absolute Gasteiger partial charge is 0.243 e.